The van der Waals surface area contributed by atoms with Crippen molar-refractivity contribution in [2.45, 2.75) is 0 Å². The topological polar surface area (TPSA) is 39.2 Å². The number of pyridine rings is 1. The average molecular weight is 353 g/mol. The number of benzene rings is 2. The van der Waals surface area contributed by atoms with Gasteiger partial charge < -0.3 is 4.74 Å². The molecule has 22 heavy (non-hydrogen) atoms. The number of carbonyl (C=O) groups excluding carboxylic acids is 1. The second kappa shape index (κ2) is 6.13. The van der Waals surface area contributed by atoms with Crippen molar-refractivity contribution in [2.24, 2.45) is 0 Å². The first-order valence-electron chi connectivity index (χ1n) is 6.26. The standard InChI is InChI=1S/C16H8Cl3NO2/c17-10-5-13(18)15(14(19)6-10)22-16(21)12-8-20-7-9-3-1-2-4-11(9)12/h1-8H. The first kappa shape index (κ1) is 15.1. The molecule has 6 heteroatoms. The summed E-state index contributed by atoms with van der Waals surface area (Å²) in [4.78, 5) is 16.5. The van der Waals surface area contributed by atoms with Gasteiger partial charge in [0.05, 0.1) is 15.6 Å². The molecule has 0 aliphatic rings. The Morgan fingerprint density at radius 1 is 1.00 bits per heavy atom. The summed E-state index contributed by atoms with van der Waals surface area (Å²) < 4.78 is 5.32. The summed E-state index contributed by atoms with van der Waals surface area (Å²) in [5.41, 5.74) is 0.334. The number of hydrogen-bond donors (Lipinski definition) is 0. The minimum absolute atomic E-state index is 0.0747. The van der Waals surface area contributed by atoms with Gasteiger partial charge in [0.2, 0.25) is 0 Å². The Kier molecular flexibility index (Phi) is 4.21. The number of hydrogen-bond acceptors (Lipinski definition) is 3. The van der Waals surface area contributed by atoms with Crippen molar-refractivity contribution >= 4 is 51.5 Å². The van der Waals surface area contributed by atoms with E-state index in [2.05, 4.69) is 4.98 Å². The van der Waals surface area contributed by atoms with Gasteiger partial charge in [-0.2, -0.15) is 0 Å². The van der Waals surface area contributed by atoms with Crippen LogP contribution in [0.3, 0.4) is 0 Å². The molecule has 0 saturated carbocycles. The second-order valence-electron chi connectivity index (χ2n) is 4.50. The summed E-state index contributed by atoms with van der Waals surface area (Å²) in [6, 6.07) is 10.3. The fraction of sp³-hybridized carbons (Fsp3) is 0. The minimum Gasteiger partial charge on any atom is -0.420 e. The van der Waals surface area contributed by atoms with Gasteiger partial charge in [0, 0.05) is 22.8 Å². The fourth-order valence-corrected chi connectivity index (χ4v) is 2.95. The summed E-state index contributed by atoms with van der Waals surface area (Å²) in [7, 11) is 0. The Balaban J connectivity index is 2.01. The summed E-state index contributed by atoms with van der Waals surface area (Å²) >= 11 is 17.9. The van der Waals surface area contributed by atoms with Crippen LogP contribution in [0.5, 0.6) is 5.75 Å². The van der Waals surface area contributed by atoms with Gasteiger partial charge in [-0.3, -0.25) is 4.98 Å². The molecule has 0 fully saturated rings. The molecule has 0 aliphatic heterocycles. The lowest BCUT2D eigenvalue weighted by atomic mass is 10.1. The lowest BCUT2D eigenvalue weighted by molar-refractivity contribution is 0.0736. The van der Waals surface area contributed by atoms with Gasteiger partial charge in [0.25, 0.3) is 0 Å². The number of nitrogens with zero attached hydrogens (tertiary/aromatic N) is 1. The fourth-order valence-electron chi connectivity index (χ4n) is 2.05. The van der Waals surface area contributed by atoms with Crippen LogP contribution >= 0.6 is 34.8 Å². The molecular formula is C16H8Cl3NO2. The lowest BCUT2D eigenvalue weighted by Crippen LogP contribution is -2.10. The second-order valence-corrected chi connectivity index (χ2v) is 5.75. The number of aromatic nitrogens is 1. The zero-order valence-corrected chi connectivity index (χ0v) is 13.3. The summed E-state index contributed by atoms with van der Waals surface area (Å²) in [6.45, 7) is 0. The molecule has 0 N–H and O–H groups in total. The van der Waals surface area contributed by atoms with Crippen LogP contribution in [0.2, 0.25) is 15.1 Å². The molecule has 0 atom stereocenters. The van der Waals surface area contributed by atoms with Crippen LogP contribution in [0, 0.1) is 0 Å². The van der Waals surface area contributed by atoms with E-state index in [-0.39, 0.29) is 15.8 Å². The van der Waals surface area contributed by atoms with E-state index in [9.17, 15) is 4.79 Å². The molecule has 0 radical (unpaired) electrons. The Hall–Kier alpha value is -1.81. The van der Waals surface area contributed by atoms with E-state index in [1.54, 1.807) is 6.20 Å². The van der Waals surface area contributed by atoms with Crippen molar-refractivity contribution in [1.29, 1.82) is 0 Å². The number of esters is 1. The smallest absolute Gasteiger partial charge is 0.345 e. The molecule has 0 aliphatic carbocycles. The first-order chi connectivity index (χ1) is 10.6. The first-order valence-corrected chi connectivity index (χ1v) is 7.39. The molecule has 2 aromatic carbocycles. The van der Waals surface area contributed by atoms with E-state index in [0.717, 1.165) is 10.8 Å². The number of rotatable bonds is 2. The number of ether oxygens (including phenoxy) is 1. The summed E-state index contributed by atoms with van der Waals surface area (Å²) in [6.07, 6.45) is 3.12. The third kappa shape index (κ3) is 2.88. The Morgan fingerprint density at radius 2 is 1.68 bits per heavy atom. The normalized spacial score (nSPS) is 10.7. The molecule has 0 amide bonds. The largest absolute Gasteiger partial charge is 0.420 e. The zero-order valence-electron chi connectivity index (χ0n) is 11.0. The van der Waals surface area contributed by atoms with Gasteiger partial charge in [-0.05, 0) is 17.5 Å². The molecular weight excluding hydrogens is 345 g/mol. The maximum atomic E-state index is 12.4. The van der Waals surface area contributed by atoms with Crippen LogP contribution in [0.1, 0.15) is 10.4 Å². The van der Waals surface area contributed by atoms with Gasteiger partial charge in [-0.25, -0.2) is 4.79 Å². The van der Waals surface area contributed by atoms with Crippen LogP contribution in [0.4, 0.5) is 0 Å². The van der Waals surface area contributed by atoms with Gasteiger partial charge in [0.15, 0.2) is 5.75 Å². The van der Waals surface area contributed by atoms with Crippen molar-refractivity contribution in [3.05, 3.63) is 69.4 Å². The third-order valence-corrected chi connectivity index (χ3v) is 3.83. The number of carbonyl (C=O) groups is 1. The van der Waals surface area contributed by atoms with Gasteiger partial charge >= 0.3 is 5.97 Å². The van der Waals surface area contributed by atoms with Crippen molar-refractivity contribution in [3.63, 3.8) is 0 Å². The number of halogens is 3. The third-order valence-electron chi connectivity index (χ3n) is 3.05. The molecule has 110 valence electrons. The summed E-state index contributed by atoms with van der Waals surface area (Å²) in [5, 5.41) is 2.27. The maximum Gasteiger partial charge on any atom is 0.345 e. The molecule has 0 bridgehead atoms. The van der Waals surface area contributed by atoms with Crippen LogP contribution < -0.4 is 4.74 Å². The van der Waals surface area contributed by atoms with E-state index in [4.69, 9.17) is 39.5 Å². The average Bonchev–Trinajstić information content (AvgIpc) is 2.50. The zero-order chi connectivity index (χ0) is 15.7. The molecule has 3 nitrogen and oxygen atoms in total. The predicted octanol–water partition coefficient (Wildman–Crippen LogP) is 5.41. The highest BCUT2D eigenvalue weighted by atomic mass is 35.5. The SMILES string of the molecule is O=C(Oc1c(Cl)cc(Cl)cc1Cl)c1cncc2ccccc12. The molecule has 1 heterocycles. The van der Waals surface area contributed by atoms with Crippen molar-refractivity contribution in [2.75, 3.05) is 0 Å². The van der Waals surface area contributed by atoms with Gasteiger partial charge in [-0.15, -0.1) is 0 Å². The molecule has 3 rings (SSSR count). The van der Waals surface area contributed by atoms with E-state index < -0.39 is 5.97 Å². The Bertz CT molecular complexity index is 852. The Labute approximate surface area is 141 Å². The number of fused-ring (bicyclic) bond motifs is 1. The van der Waals surface area contributed by atoms with E-state index >= 15 is 0 Å². The molecule has 0 spiro atoms. The predicted molar refractivity (Wildman–Crippen MR) is 88.2 cm³/mol. The summed E-state index contributed by atoms with van der Waals surface area (Å²) in [5.74, 6) is -0.513. The van der Waals surface area contributed by atoms with Crippen LogP contribution in [-0.2, 0) is 0 Å². The van der Waals surface area contributed by atoms with E-state index in [0.29, 0.717) is 10.6 Å². The quantitative estimate of drug-likeness (QED) is 0.457. The minimum atomic E-state index is -0.588. The molecule has 3 aromatic rings. The highest BCUT2D eigenvalue weighted by Gasteiger charge is 2.17. The highest BCUT2D eigenvalue weighted by Crippen LogP contribution is 2.36. The maximum absolute atomic E-state index is 12.4. The highest BCUT2D eigenvalue weighted by molar-refractivity contribution is 6.40. The van der Waals surface area contributed by atoms with Gasteiger partial charge in [0.1, 0.15) is 0 Å². The lowest BCUT2D eigenvalue weighted by Gasteiger charge is -2.10. The van der Waals surface area contributed by atoms with Crippen molar-refractivity contribution in [3.8, 4) is 5.75 Å². The van der Waals surface area contributed by atoms with Crippen molar-refractivity contribution < 1.29 is 9.53 Å². The van der Waals surface area contributed by atoms with E-state index in [1.165, 1.54) is 18.3 Å². The van der Waals surface area contributed by atoms with Crippen LogP contribution in [0.15, 0.2) is 48.8 Å². The Morgan fingerprint density at radius 3 is 2.41 bits per heavy atom. The molecule has 0 saturated heterocycles. The van der Waals surface area contributed by atoms with Gasteiger partial charge in [-0.1, -0.05) is 59.1 Å². The van der Waals surface area contributed by atoms with Crippen molar-refractivity contribution in [1.82, 2.24) is 4.98 Å². The molecule has 0 unspecified atom stereocenters. The monoisotopic (exact) mass is 351 g/mol. The van der Waals surface area contributed by atoms with E-state index in [1.807, 2.05) is 24.3 Å². The van der Waals surface area contributed by atoms with Crippen LogP contribution in [0.25, 0.3) is 10.8 Å². The van der Waals surface area contributed by atoms with Crippen LogP contribution in [-0.4, -0.2) is 11.0 Å². The molecule has 1 aromatic heterocycles.